The molecule has 0 bridgehead atoms. The molecule has 0 aromatic rings. The van der Waals surface area contributed by atoms with Gasteiger partial charge in [-0.3, -0.25) is 0 Å². The van der Waals surface area contributed by atoms with Crippen LogP contribution in [-0.4, -0.2) is 20.7 Å². The minimum atomic E-state index is 0.988. The van der Waals surface area contributed by atoms with Gasteiger partial charge in [-0.1, -0.05) is 0 Å². The van der Waals surface area contributed by atoms with Crippen molar-refractivity contribution in [2.75, 3.05) is 4.65 Å². The van der Waals surface area contributed by atoms with Gasteiger partial charge in [0.05, 0.1) is 0 Å². The Kier molecular flexibility index (Phi) is 5.51. The maximum atomic E-state index is 4.45. The molecular formula is CH3S2Se-. The van der Waals surface area contributed by atoms with Gasteiger partial charge in [0.2, 0.25) is 0 Å². The second kappa shape index (κ2) is 4.22. The predicted molar refractivity (Wildman–Crippen MR) is 27.0 cm³/mol. The molecule has 0 saturated heterocycles. The van der Waals surface area contributed by atoms with Gasteiger partial charge in [0.15, 0.2) is 0 Å². The molecule has 0 unspecified atom stereocenters. The van der Waals surface area contributed by atoms with Crippen LogP contribution >= 0.6 is 10.8 Å². The van der Waals surface area contributed by atoms with Crippen molar-refractivity contribution in [2.24, 2.45) is 0 Å². The fourth-order valence-electron chi connectivity index (χ4n) is 0. The van der Waals surface area contributed by atoms with Crippen LogP contribution < -0.4 is 0 Å². The van der Waals surface area contributed by atoms with Gasteiger partial charge in [-0.25, -0.2) is 0 Å². The Balaban J connectivity index is 1.97. The summed E-state index contributed by atoms with van der Waals surface area (Å²) in [5.74, 6) is 0. The van der Waals surface area contributed by atoms with Gasteiger partial charge in [-0.05, 0) is 0 Å². The summed E-state index contributed by atoms with van der Waals surface area (Å²) in [7, 11) is 1.41. The molecule has 26 valence electrons. The first-order valence-corrected chi connectivity index (χ1v) is 4.01. The number of hydrogen-bond donors (Lipinski definition) is 0. The van der Waals surface area contributed by atoms with Gasteiger partial charge in [0.25, 0.3) is 0 Å². The molecule has 0 aliphatic carbocycles. The SMILES string of the molecule is [S-]SC[SeH]. The van der Waals surface area contributed by atoms with E-state index in [1.54, 1.807) is 0 Å². The Morgan fingerprint density at radius 1 is 2.00 bits per heavy atom. The molecule has 0 radical (unpaired) electrons. The third-order valence-electron chi connectivity index (χ3n) is 0.0527. The van der Waals surface area contributed by atoms with Crippen molar-refractivity contribution < 1.29 is 0 Å². The Hall–Kier alpha value is 1.22. The maximum absolute atomic E-state index is 4.45. The van der Waals surface area contributed by atoms with Crippen molar-refractivity contribution in [3.05, 3.63) is 0 Å². The number of hydrogen-bond acceptors (Lipinski definition) is 2. The topological polar surface area (TPSA) is 0 Å². The van der Waals surface area contributed by atoms with Crippen LogP contribution in [0.3, 0.4) is 0 Å². The standard InChI is InChI=1S/CH4S2Se/c2-3-1-4/h2,4H,1H2/p-1. The molecule has 3 heteroatoms. The number of rotatable bonds is 1. The van der Waals surface area contributed by atoms with Gasteiger partial charge < -0.3 is 0 Å². The van der Waals surface area contributed by atoms with E-state index in [-0.39, 0.29) is 0 Å². The molecule has 0 aliphatic heterocycles. The van der Waals surface area contributed by atoms with Crippen molar-refractivity contribution >= 4 is 38.5 Å². The molecule has 0 spiro atoms. The molecule has 0 saturated carbocycles. The van der Waals surface area contributed by atoms with Crippen LogP contribution in [0.4, 0.5) is 0 Å². The Morgan fingerprint density at radius 2 is 2.25 bits per heavy atom. The van der Waals surface area contributed by atoms with Gasteiger partial charge in [0.1, 0.15) is 0 Å². The average molecular weight is 158 g/mol. The molecular weight excluding hydrogens is 155 g/mol. The molecule has 0 rings (SSSR count). The summed E-state index contributed by atoms with van der Waals surface area (Å²) in [6, 6.07) is 0. The molecule has 0 fully saturated rings. The Bertz CT molecular complexity index is 8.00. The summed E-state index contributed by atoms with van der Waals surface area (Å²) < 4.78 is 0.988. The summed E-state index contributed by atoms with van der Waals surface area (Å²) in [6.07, 6.45) is 0. The third kappa shape index (κ3) is 3.22. The first-order chi connectivity index (χ1) is 1.91. The monoisotopic (exact) mass is 159 g/mol. The van der Waals surface area contributed by atoms with E-state index in [9.17, 15) is 0 Å². The Morgan fingerprint density at radius 3 is 2.25 bits per heavy atom. The van der Waals surface area contributed by atoms with E-state index >= 15 is 0 Å². The third-order valence-corrected chi connectivity index (χ3v) is 2.46. The van der Waals surface area contributed by atoms with Crippen LogP contribution in [0.25, 0.3) is 0 Å². The quantitative estimate of drug-likeness (QED) is 0.300. The summed E-state index contributed by atoms with van der Waals surface area (Å²) in [6.45, 7) is 0. The first-order valence-electron chi connectivity index (χ1n) is 0.772. The van der Waals surface area contributed by atoms with Crippen molar-refractivity contribution in [2.45, 2.75) is 0 Å². The van der Waals surface area contributed by atoms with Crippen molar-refractivity contribution in [1.82, 2.24) is 0 Å². The molecule has 0 N–H and O–H groups in total. The first kappa shape index (κ1) is 5.22. The van der Waals surface area contributed by atoms with Gasteiger partial charge in [0, 0.05) is 0 Å². The van der Waals surface area contributed by atoms with Crippen LogP contribution in [0.2, 0.25) is 0 Å². The summed E-state index contributed by atoms with van der Waals surface area (Å²) in [5, 5.41) is 0. The van der Waals surface area contributed by atoms with Crippen molar-refractivity contribution in [3.8, 4) is 0 Å². The van der Waals surface area contributed by atoms with Crippen molar-refractivity contribution in [1.29, 1.82) is 0 Å². The summed E-state index contributed by atoms with van der Waals surface area (Å²) in [4.78, 5) is 0. The van der Waals surface area contributed by atoms with Gasteiger partial charge in [-0.15, -0.1) is 0 Å². The van der Waals surface area contributed by atoms with Crippen LogP contribution in [0.1, 0.15) is 0 Å². The van der Waals surface area contributed by atoms with E-state index in [0.29, 0.717) is 0 Å². The van der Waals surface area contributed by atoms with E-state index < -0.39 is 0 Å². The van der Waals surface area contributed by atoms with Crippen LogP contribution in [0.15, 0.2) is 0 Å². The Labute approximate surface area is 43.4 Å². The molecule has 0 aromatic heterocycles. The van der Waals surface area contributed by atoms with E-state index in [2.05, 4.69) is 27.7 Å². The fraction of sp³-hybridized carbons (Fsp3) is 1.00. The molecule has 0 aliphatic rings. The fourth-order valence-corrected chi connectivity index (χ4v) is 0. The second-order valence-corrected chi connectivity index (χ2v) is 3.07. The zero-order valence-corrected chi connectivity index (χ0v) is 5.48. The van der Waals surface area contributed by atoms with E-state index in [1.165, 1.54) is 10.8 Å². The zero-order valence-electron chi connectivity index (χ0n) is 1.97. The second-order valence-electron chi connectivity index (χ2n) is 0.247. The van der Waals surface area contributed by atoms with E-state index in [4.69, 9.17) is 0 Å². The molecule has 0 atom stereocenters. The zero-order chi connectivity index (χ0) is 3.41. The molecule has 0 aromatic carbocycles. The molecule has 0 amide bonds. The normalized spacial score (nSPS) is 7.50. The van der Waals surface area contributed by atoms with Crippen LogP contribution in [0.5, 0.6) is 0 Å². The molecule has 0 heterocycles. The predicted octanol–water partition coefficient (Wildman–Crippen LogP) is 0.0398. The van der Waals surface area contributed by atoms with Crippen LogP contribution in [-0.2, 0) is 11.7 Å². The van der Waals surface area contributed by atoms with Crippen molar-refractivity contribution in [3.63, 3.8) is 0 Å². The molecule has 4 heavy (non-hydrogen) atoms. The van der Waals surface area contributed by atoms with Gasteiger partial charge >= 0.3 is 43.1 Å². The van der Waals surface area contributed by atoms with E-state index in [0.717, 1.165) is 4.65 Å². The summed E-state index contributed by atoms with van der Waals surface area (Å²) >= 11 is 6.85. The van der Waals surface area contributed by atoms with E-state index in [1.807, 2.05) is 0 Å². The van der Waals surface area contributed by atoms with Crippen LogP contribution in [0, 0.1) is 0 Å². The molecule has 0 nitrogen and oxygen atoms in total. The minimum absolute atomic E-state index is 0.988. The average Bonchev–Trinajstić information content (AvgIpc) is 1.37. The summed E-state index contributed by atoms with van der Waals surface area (Å²) in [5.41, 5.74) is 0. The van der Waals surface area contributed by atoms with Gasteiger partial charge in [-0.2, -0.15) is 0 Å².